The predicted octanol–water partition coefficient (Wildman–Crippen LogP) is 4.43. The Hall–Kier alpha value is -1.45. The smallest absolute Gasteiger partial charge is 0.336 e. The Kier molecular flexibility index (Phi) is 3.94. The maximum Gasteiger partial charge on any atom is 0.336 e. The lowest BCUT2D eigenvalue weighted by atomic mass is 10.0. The van der Waals surface area contributed by atoms with Crippen molar-refractivity contribution in [3.8, 4) is 11.1 Å². The van der Waals surface area contributed by atoms with Crippen molar-refractivity contribution in [2.24, 2.45) is 0 Å². The van der Waals surface area contributed by atoms with Crippen LogP contribution in [-0.2, 0) is 0 Å². The first-order chi connectivity index (χ1) is 8.61. The summed E-state index contributed by atoms with van der Waals surface area (Å²) in [5.74, 6) is -0.901. The van der Waals surface area contributed by atoms with E-state index in [4.69, 9.17) is 16.7 Å². The first-order valence-electron chi connectivity index (χ1n) is 5.29. The maximum atomic E-state index is 11.0. The summed E-state index contributed by atoms with van der Waals surface area (Å²) in [6.07, 6.45) is 1.87. The summed E-state index contributed by atoms with van der Waals surface area (Å²) in [6, 6.07) is 12.8. The van der Waals surface area contributed by atoms with Crippen molar-refractivity contribution in [1.82, 2.24) is 0 Å². The van der Waals surface area contributed by atoms with Crippen molar-refractivity contribution in [2.75, 3.05) is 6.26 Å². The molecule has 2 aromatic carbocycles. The van der Waals surface area contributed by atoms with Crippen LogP contribution in [0.3, 0.4) is 0 Å². The van der Waals surface area contributed by atoms with Crippen LogP contribution in [0, 0.1) is 0 Å². The number of rotatable bonds is 3. The van der Waals surface area contributed by atoms with Crippen LogP contribution in [0.5, 0.6) is 0 Å². The lowest BCUT2D eigenvalue weighted by Gasteiger charge is -2.07. The molecule has 0 bridgehead atoms. The summed E-state index contributed by atoms with van der Waals surface area (Å²) < 4.78 is 0. The summed E-state index contributed by atoms with van der Waals surface area (Å²) in [5, 5.41) is 9.75. The Morgan fingerprint density at radius 2 is 1.72 bits per heavy atom. The van der Waals surface area contributed by atoms with Crippen LogP contribution in [-0.4, -0.2) is 17.3 Å². The molecule has 1 N–H and O–H groups in total. The van der Waals surface area contributed by atoms with Crippen LogP contribution < -0.4 is 0 Å². The molecule has 0 unspecified atom stereocenters. The van der Waals surface area contributed by atoms with Crippen LogP contribution in [0.15, 0.2) is 47.4 Å². The van der Waals surface area contributed by atoms with Crippen molar-refractivity contribution in [3.05, 3.63) is 53.1 Å². The Bertz CT molecular complexity index is 579. The molecule has 0 aliphatic rings. The van der Waals surface area contributed by atoms with Gasteiger partial charge in [-0.1, -0.05) is 29.8 Å². The Labute approximate surface area is 115 Å². The number of carboxylic acids is 1. The van der Waals surface area contributed by atoms with Gasteiger partial charge in [0.2, 0.25) is 0 Å². The van der Waals surface area contributed by atoms with E-state index in [-0.39, 0.29) is 0 Å². The molecule has 0 saturated carbocycles. The third-order valence-corrected chi connectivity index (χ3v) is 3.64. The molecule has 0 heterocycles. The summed E-state index contributed by atoms with van der Waals surface area (Å²) >= 11 is 7.27. The second-order valence-corrected chi connectivity index (χ2v) is 5.01. The molecule has 0 amide bonds. The van der Waals surface area contributed by atoms with Crippen molar-refractivity contribution >= 4 is 29.3 Å². The molecule has 0 atom stereocenters. The van der Waals surface area contributed by atoms with Crippen LogP contribution in [0.1, 0.15) is 10.4 Å². The average molecular weight is 279 g/mol. The van der Waals surface area contributed by atoms with Gasteiger partial charge in [0.1, 0.15) is 0 Å². The molecule has 2 aromatic rings. The highest BCUT2D eigenvalue weighted by Gasteiger charge is 2.10. The number of benzene rings is 2. The molecular formula is C14H11ClO2S. The zero-order valence-electron chi connectivity index (χ0n) is 9.68. The van der Waals surface area contributed by atoms with E-state index in [1.54, 1.807) is 6.07 Å². The standard InChI is InChI=1S/C14H11ClO2S/c1-18-13-8-10(4-7-12(13)14(16)17)9-2-5-11(15)6-3-9/h2-8H,1H3,(H,16,17). The summed E-state index contributed by atoms with van der Waals surface area (Å²) in [4.78, 5) is 11.8. The summed E-state index contributed by atoms with van der Waals surface area (Å²) in [6.45, 7) is 0. The van der Waals surface area contributed by atoms with E-state index in [1.165, 1.54) is 11.8 Å². The average Bonchev–Trinajstić information content (AvgIpc) is 2.38. The quantitative estimate of drug-likeness (QED) is 0.844. The molecule has 0 aliphatic carbocycles. The van der Waals surface area contributed by atoms with Crippen molar-refractivity contribution in [1.29, 1.82) is 0 Å². The van der Waals surface area contributed by atoms with Gasteiger partial charge in [0.15, 0.2) is 0 Å². The predicted molar refractivity (Wildman–Crippen MR) is 75.6 cm³/mol. The largest absolute Gasteiger partial charge is 0.478 e. The minimum absolute atomic E-state index is 0.334. The van der Waals surface area contributed by atoms with Crippen LogP contribution in [0.4, 0.5) is 0 Å². The van der Waals surface area contributed by atoms with E-state index in [0.717, 1.165) is 16.0 Å². The molecule has 2 nitrogen and oxygen atoms in total. The number of hydrogen-bond acceptors (Lipinski definition) is 2. The highest BCUT2D eigenvalue weighted by atomic mass is 35.5. The van der Waals surface area contributed by atoms with Crippen molar-refractivity contribution in [2.45, 2.75) is 4.90 Å². The highest BCUT2D eigenvalue weighted by Crippen LogP contribution is 2.28. The zero-order chi connectivity index (χ0) is 13.1. The molecule has 0 aromatic heterocycles. The van der Waals surface area contributed by atoms with Gasteiger partial charge in [0.25, 0.3) is 0 Å². The third kappa shape index (κ3) is 2.68. The van der Waals surface area contributed by atoms with Crippen LogP contribution in [0.2, 0.25) is 5.02 Å². The fourth-order valence-corrected chi connectivity index (χ4v) is 2.44. The van der Waals surface area contributed by atoms with Gasteiger partial charge in [-0.15, -0.1) is 11.8 Å². The fourth-order valence-electron chi connectivity index (χ4n) is 1.69. The van der Waals surface area contributed by atoms with Crippen molar-refractivity contribution < 1.29 is 9.90 Å². The molecule has 0 fully saturated rings. The van der Waals surface area contributed by atoms with Gasteiger partial charge in [-0.3, -0.25) is 0 Å². The van der Waals surface area contributed by atoms with Crippen molar-refractivity contribution in [3.63, 3.8) is 0 Å². The first kappa shape index (κ1) is 13.0. The number of thioether (sulfide) groups is 1. The molecule has 0 aliphatic heterocycles. The van der Waals surface area contributed by atoms with Crippen LogP contribution in [0.25, 0.3) is 11.1 Å². The molecule has 0 saturated heterocycles. The van der Waals surface area contributed by atoms with E-state index >= 15 is 0 Å². The van der Waals surface area contributed by atoms with Gasteiger partial charge < -0.3 is 5.11 Å². The molecule has 18 heavy (non-hydrogen) atoms. The molecule has 2 rings (SSSR count). The minimum atomic E-state index is -0.901. The second kappa shape index (κ2) is 5.46. The number of aromatic carboxylic acids is 1. The number of halogens is 1. The Morgan fingerprint density at radius 3 is 2.28 bits per heavy atom. The molecule has 92 valence electrons. The highest BCUT2D eigenvalue weighted by molar-refractivity contribution is 7.98. The summed E-state index contributed by atoms with van der Waals surface area (Å²) in [7, 11) is 0. The SMILES string of the molecule is CSc1cc(-c2ccc(Cl)cc2)ccc1C(=O)O. The van der Waals surface area contributed by atoms with E-state index in [0.29, 0.717) is 10.6 Å². The van der Waals surface area contributed by atoms with Gasteiger partial charge in [0.05, 0.1) is 5.56 Å². The maximum absolute atomic E-state index is 11.0. The Balaban J connectivity index is 2.47. The number of carboxylic acid groups (broad SMARTS) is 1. The van der Waals surface area contributed by atoms with Gasteiger partial charge >= 0.3 is 5.97 Å². The van der Waals surface area contributed by atoms with E-state index in [9.17, 15) is 4.79 Å². The lowest BCUT2D eigenvalue weighted by Crippen LogP contribution is -1.98. The molecule has 4 heteroatoms. The number of hydrogen-bond donors (Lipinski definition) is 1. The minimum Gasteiger partial charge on any atom is -0.478 e. The van der Waals surface area contributed by atoms with E-state index < -0.39 is 5.97 Å². The molecular weight excluding hydrogens is 268 g/mol. The number of carbonyl (C=O) groups is 1. The molecule has 0 spiro atoms. The lowest BCUT2D eigenvalue weighted by molar-refractivity contribution is 0.0693. The molecule has 0 radical (unpaired) electrons. The summed E-state index contributed by atoms with van der Waals surface area (Å²) in [5.41, 5.74) is 2.34. The Morgan fingerprint density at radius 1 is 1.11 bits per heavy atom. The van der Waals surface area contributed by atoms with Gasteiger partial charge in [-0.25, -0.2) is 4.79 Å². The van der Waals surface area contributed by atoms with Gasteiger partial charge in [-0.05, 0) is 41.6 Å². The zero-order valence-corrected chi connectivity index (χ0v) is 11.3. The van der Waals surface area contributed by atoms with E-state index in [2.05, 4.69) is 0 Å². The van der Waals surface area contributed by atoms with Gasteiger partial charge in [-0.2, -0.15) is 0 Å². The monoisotopic (exact) mass is 278 g/mol. The third-order valence-electron chi connectivity index (χ3n) is 2.61. The topological polar surface area (TPSA) is 37.3 Å². The van der Waals surface area contributed by atoms with E-state index in [1.807, 2.05) is 42.7 Å². The van der Waals surface area contributed by atoms with Gasteiger partial charge in [0, 0.05) is 9.92 Å². The first-order valence-corrected chi connectivity index (χ1v) is 6.89. The van der Waals surface area contributed by atoms with Crippen LogP contribution >= 0.6 is 23.4 Å². The normalized spacial score (nSPS) is 10.3. The fraction of sp³-hybridized carbons (Fsp3) is 0.0714. The second-order valence-electron chi connectivity index (χ2n) is 3.73.